The normalized spacial score (nSPS) is 16.2. The topological polar surface area (TPSA) is 79.0 Å². The van der Waals surface area contributed by atoms with Gasteiger partial charge in [-0.15, -0.1) is 0 Å². The maximum atomic E-state index is 12.9. The van der Waals surface area contributed by atoms with Gasteiger partial charge in [-0.2, -0.15) is 0 Å². The van der Waals surface area contributed by atoms with Crippen molar-refractivity contribution in [1.82, 2.24) is 14.8 Å². The molecule has 5 rings (SSSR count). The van der Waals surface area contributed by atoms with Crippen molar-refractivity contribution < 1.29 is 19.1 Å². The van der Waals surface area contributed by atoms with E-state index in [4.69, 9.17) is 9.15 Å². The van der Waals surface area contributed by atoms with E-state index in [0.717, 1.165) is 43.7 Å². The predicted molar refractivity (Wildman–Crippen MR) is 131 cm³/mol. The number of piperazine rings is 1. The van der Waals surface area contributed by atoms with Gasteiger partial charge >= 0.3 is 5.97 Å². The lowest BCUT2D eigenvalue weighted by Crippen LogP contribution is -2.47. The summed E-state index contributed by atoms with van der Waals surface area (Å²) in [5.74, 6) is 0.161. The Bertz CT molecular complexity index is 1340. The van der Waals surface area contributed by atoms with Gasteiger partial charge in [0.25, 0.3) is 0 Å². The zero-order valence-electron chi connectivity index (χ0n) is 19.7. The number of furan rings is 1. The van der Waals surface area contributed by atoms with Crippen LogP contribution in [0.1, 0.15) is 40.2 Å². The summed E-state index contributed by atoms with van der Waals surface area (Å²) >= 11 is 0. The first kappa shape index (κ1) is 22.4. The van der Waals surface area contributed by atoms with Crippen LogP contribution in [-0.4, -0.2) is 65.7 Å². The van der Waals surface area contributed by atoms with E-state index in [1.807, 2.05) is 36.4 Å². The summed E-state index contributed by atoms with van der Waals surface area (Å²) in [6.07, 6.45) is 3.53. The predicted octanol–water partition coefficient (Wildman–Crippen LogP) is 4.51. The number of fused-ring (bicyclic) bond motifs is 3. The fraction of sp³-hybridized carbons (Fsp3) is 0.333. The number of carbonyl (C=O) groups excluding carboxylic acids is 1. The molecule has 1 N–H and O–H groups in total. The van der Waals surface area contributed by atoms with Gasteiger partial charge in [0, 0.05) is 60.3 Å². The number of methoxy groups -OCH3 is 1. The number of hydrogen-bond donors (Lipinski definition) is 1. The highest BCUT2D eigenvalue weighted by molar-refractivity contribution is 6.16. The molecular weight excluding hydrogens is 430 g/mol. The van der Waals surface area contributed by atoms with Crippen molar-refractivity contribution in [3.8, 4) is 5.75 Å². The average molecular weight is 460 g/mol. The molecule has 7 heteroatoms. The molecule has 4 aromatic rings. The van der Waals surface area contributed by atoms with Crippen LogP contribution in [0.4, 0.5) is 0 Å². The number of carbonyl (C=O) groups is 1. The molecule has 7 nitrogen and oxygen atoms in total. The highest BCUT2D eigenvalue weighted by Gasteiger charge is 2.34. The van der Waals surface area contributed by atoms with E-state index >= 15 is 0 Å². The second kappa shape index (κ2) is 9.08. The van der Waals surface area contributed by atoms with Crippen LogP contribution in [0.2, 0.25) is 0 Å². The minimum Gasteiger partial charge on any atom is -0.507 e. The molecule has 176 valence electrons. The van der Waals surface area contributed by atoms with Crippen molar-refractivity contribution in [3.05, 3.63) is 71.2 Å². The Hall–Kier alpha value is -3.42. The third-order valence-corrected chi connectivity index (χ3v) is 6.94. The van der Waals surface area contributed by atoms with Crippen LogP contribution >= 0.6 is 0 Å². The van der Waals surface area contributed by atoms with Gasteiger partial charge in [-0.1, -0.05) is 31.2 Å². The van der Waals surface area contributed by atoms with Crippen LogP contribution in [0.3, 0.4) is 0 Å². The van der Waals surface area contributed by atoms with Gasteiger partial charge in [0.05, 0.1) is 13.2 Å². The largest absolute Gasteiger partial charge is 0.507 e. The van der Waals surface area contributed by atoms with Crippen molar-refractivity contribution in [2.75, 3.05) is 39.8 Å². The molecule has 0 saturated carbocycles. The first-order valence-electron chi connectivity index (χ1n) is 11.7. The Morgan fingerprint density at radius 1 is 1.12 bits per heavy atom. The molecule has 2 aromatic carbocycles. The number of phenolic OH excluding ortho intramolecular Hbond substituents is 1. The molecule has 1 saturated heterocycles. The Morgan fingerprint density at radius 3 is 2.44 bits per heavy atom. The first-order valence-corrected chi connectivity index (χ1v) is 11.7. The first-order chi connectivity index (χ1) is 16.5. The molecule has 1 aliphatic rings. The molecule has 1 unspecified atom stereocenters. The number of esters is 1. The summed E-state index contributed by atoms with van der Waals surface area (Å²) in [4.78, 5) is 21.9. The van der Waals surface area contributed by atoms with E-state index in [0.29, 0.717) is 33.2 Å². The third kappa shape index (κ3) is 3.61. The van der Waals surface area contributed by atoms with E-state index in [2.05, 4.69) is 21.7 Å². The van der Waals surface area contributed by atoms with Crippen molar-refractivity contribution in [1.29, 1.82) is 0 Å². The summed E-state index contributed by atoms with van der Waals surface area (Å²) in [5, 5.41) is 13.8. The standard InChI is InChI=1S/C27H29N3O4/c1-4-29-13-15-30(16-14-29)24(18-9-11-28-12-10-18)23-22-21(27(32)33-3)17(2)34-26(22)20-8-6-5-7-19(20)25(23)31/h5-12,24,31H,4,13-16H2,1-3H3. The lowest BCUT2D eigenvalue weighted by molar-refractivity contribution is 0.0600. The molecule has 1 atom stereocenters. The monoisotopic (exact) mass is 459 g/mol. The van der Waals surface area contributed by atoms with E-state index in [1.165, 1.54) is 7.11 Å². The van der Waals surface area contributed by atoms with E-state index in [1.54, 1.807) is 19.3 Å². The molecule has 0 bridgehead atoms. The molecule has 2 aromatic heterocycles. The summed E-state index contributed by atoms with van der Waals surface area (Å²) in [6, 6.07) is 11.3. The number of ether oxygens (including phenoxy) is 1. The molecule has 3 heterocycles. The summed E-state index contributed by atoms with van der Waals surface area (Å²) in [7, 11) is 1.37. The minimum atomic E-state index is -0.475. The molecule has 0 spiro atoms. The van der Waals surface area contributed by atoms with E-state index in [9.17, 15) is 9.90 Å². The van der Waals surface area contributed by atoms with E-state index in [-0.39, 0.29) is 11.8 Å². The molecule has 1 aliphatic heterocycles. The number of benzene rings is 2. The van der Waals surface area contributed by atoms with Gasteiger partial charge in [0.15, 0.2) is 0 Å². The van der Waals surface area contributed by atoms with Crippen LogP contribution in [0.5, 0.6) is 5.75 Å². The maximum Gasteiger partial charge on any atom is 0.342 e. The Morgan fingerprint density at radius 2 is 1.79 bits per heavy atom. The second-order valence-corrected chi connectivity index (χ2v) is 8.69. The fourth-order valence-electron chi connectivity index (χ4n) is 5.20. The molecule has 34 heavy (non-hydrogen) atoms. The molecule has 0 aliphatic carbocycles. The fourth-order valence-corrected chi connectivity index (χ4v) is 5.20. The van der Waals surface area contributed by atoms with Gasteiger partial charge < -0.3 is 19.2 Å². The summed E-state index contributed by atoms with van der Waals surface area (Å²) in [6.45, 7) is 8.48. The quantitative estimate of drug-likeness (QED) is 0.440. The molecule has 1 fully saturated rings. The van der Waals surface area contributed by atoms with Crippen molar-refractivity contribution >= 4 is 27.7 Å². The van der Waals surface area contributed by atoms with Gasteiger partial charge in [-0.05, 0) is 31.2 Å². The number of aryl methyl sites for hydroxylation is 1. The Balaban J connectivity index is 1.84. The SMILES string of the molecule is CCN1CCN(C(c2ccncc2)c2c(O)c3ccccc3c3oc(C)c(C(=O)OC)c23)CC1. The summed E-state index contributed by atoms with van der Waals surface area (Å²) < 4.78 is 11.3. The van der Waals surface area contributed by atoms with Gasteiger partial charge in [0.1, 0.15) is 22.7 Å². The van der Waals surface area contributed by atoms with Gasteiger partial charge in [-0.3, -0.25) is 9.88 Å². The number of aromatic nitrogens is 1. The van der Waals surface area contributed by atoms with Crippen LogP contribution in [-0.2, 0) is 4.74 Å². The zero-order valence-corrected chi connectivity index (χ0v) is 19.7. The number of hydrogen-bond acceptors (Lipinski definition) is 7. The van der Waals surface area contributed by atoms with Crippen LogP contribution in [0, 0.1) is 6.92 Å². The molecule has 0 radical (unpaired) electrons. The summed E-state index contributed by atoms with van der Waals surface area (Å²) in [5.41, 5.74) is 2.62. The van der Waals surface area contributed by atoms with Gasteiger partial charge in [0.2, 0.25) is 0 Å². The number of likely N-dealkylation sites (N-methyl/N-ethyl adjacent to an activating group) is 1. The number of nitrogens with zero attached hydrogens (tertiary/aromatic N) is 3. The van der Waals surface area contributed by atoms with Gasteiger partial charge in [-0.25, -0.2) is 4.79 Å². The smallest absolute Gasteiger partial charge is 0.342 e. The van der Waals surface area contributed by atoms with Crippen LogP contribution in [0.15, 0.2) is 53.2 Å². The number of pyridine rings is 1. The second-order valence-electron chi connectivity index (χ2n) is 8.69. The number of aromatic hydroxyl groups is 1. The van der Waals surface area contributed by atoms with Crippen LogP contribution in [0.25, 0.3) is 21.7 Å². The van der Waals surface area contributed by atoms with E-state index < -0.39 is 5.97 Å². The zero-order chi connectivity index (χ0) is 23.8. The van der Waals surface area contributed by atoms with Crippen LogP contribution < -0.4 is 0 Å². The lowest BCUT2D eigenvalue weighted by atomic mass is 9.89. The Kier molecular flexibility index (Phi) is 5.98. The highest BCUT2D eigenvalue weighted by Crippen LogP contribution is 2.47. The molecule has 0 amide bonds. The minimum absolute atomic E-state index is 0.161. The number of rotatable bonds is 5. The van der Waals surface area contributed by atoms with Crippen molar-refractivity contribution in [3.63, 3.8) is 0 Å². The van der Waals surface area contributed by atoms with Crippen molar-refractivity contribution in [2.24, 2.45) is 0 Å². The van der Waals surface area contributed by atoms with Crippen molar-refractivity contribution in [2.45, 2.75) is 19.9 Å². The Labute approximate surface area is 198 Å². The molecular formula is C27H29N3O4. The average Bonchev–Trinajstić information content (AvgIpc) is 3.23. The highest BCUT2D eigenvalue weighted by atomic mass is 16.5. The number of phenols is 1. The third-order valence-electron chi connectivity index (χ3n) is 6.94. The lowest BCUT2D eigenvalue weighted by Gasteiger charge is -2.39. The maximum absolute atomic E-state index is 12.9.